The number of amides is 2. The first kappa shape index (κ1) is 12.2. The van der Waals surface area contributed by atoms with Crippen molar-refractivity contribution in [3.63, 3.8) is 0 Å². The first-order valence-corrected chi connectivity index (χ1v) is 5.55. The molecule has 18 heavy (non-hydrogen) atoms. The van der Waals surface area contributed by atoms with E-state index in [9.17, 15) is 9.59 Å². The zero-order valence-electron chi connectivity index (χ0n) is 10.1. The highest BCUT2D eigenvalue weighted by atomic mass is 16.5. The molecular weight excluding hydrogens is 232 g/mol. The van der Waals surface area contributed by atoms with Crippen LogP contribution in [-0.2, 0) is 4.79 Å². The highest BCUT2D eigenvalue weighted by Gasteiger charge is 2.17. The van der Waals surface area contributed by atoms with Gasteiger partial charge >= 0.3 is 0 Å². The summed E-state index contributed by atoms with van der Waals surface area (Å²) in [5, 5.41) is 5.38. The third-order valence-corrected chi connectivity index (χ3v) is 2.43. The van der Waals surface area contributed by atoms with Crippen molar-refractivity contribution in [2.75, 3.05) is 18.5 Å². The SMILES string of the molecule is C=C(C)CNC(=O)c1ccc2c(c1)NC(=O)CO2. The van der Waals surface area contributed by atoms with Crippen LogP contribution in [0.5, 0.6) is 5.75 Å². The zero-order valence-corrected chi connectivity index (χ0v) is 10.1. The van der Waals surface area contributed by atoms with Gasteiger partial charge in [-0.05, 0) is 25.1 Å². The summed E-state index contributed by atoms with van der Waals surface area (Å²) in [7, 11) is 0. The van der Waals surface area contributed by atoms with E-state index in [1.807, 2.05) is 6.92 Å². The molecule has 1 aliphatic heterocycles. The minimum absolute atomic E-state index is 0.00814. The fourth-order valence-corrected chi connectivity index (χ4v) is 1.56. The molecule has 1 aromatic rings. The molecule has 2 N–H and O–H groups in total. The molecule has 1 aliphatic rings. The van der Waals surface area contributed by atoms with E-state index in [1.165, 1.54) is 0 Å². The van der Waals surface area contributed by atoms with E-state index in [2.05, 4.69) is 17.2 Å². The maximum Gasteiger partial charge on any atom is 0.262 e. The minimum atomic E-state index is -0.220. The van der Waals surface area contributed by atoms with Crippen molar-refractivity contribution in [1.82, 2.24) is 5.32 Å². The number of ether oxygens (including phenoxy) is 1. The highest BCUT2D eigenvalue weighted by Crippen LogP contribution is 2.28. The van der Waals surface area contributed by atoms with Gasteiger partial charge in [-0.3, -0.25) is 9.59 Å². The van der Waals surface area contributed by atoms with Crippen LogP contribution in [0.4, 0.5) is 5.69 Å². The highest BCUT2D eigenvalue weighted by molar-refractivity contribution is 5.99. The van der Waals surface area contributed by atoms with Crippen LogP contribution in [0.25, 0.3) is 0 Å². The van der Waals surface area contributed by atoms with E-state index in [4.69, 9.17) is 4.74 Å². The van der Waals surface area contributed by atoms with Gasteiger partial charge in [-0.15, -0.1) is 0 Å². The Morgan fingerprint density at radius 1 is 1.56 bits per heavy atom. The molecule has 0 aromatic heterocycles. The topological polar surface area (TPSA) is 67.4 Å². The van der Waals surface area contributed by atoms with Crippen molar-refractivity contribution in [3.05, 3.63) is 35.9 Å². The van der Waals surface area contributed by atoms with Gasteiger partial charge in [-0.25, -0.2) is 0 Å². The third kappa shape index (κ3) is 2.68. The fraction of sp³-hybridized carbons (Fsp3) is 0.231. The Hall–Kier alpha value is -2.30. The predicted molar refractivity (Wildman–Crippen MR) is 67.7 cm³/mol. The van der Waals surface area contributed by atoms with E-state index >= 15 is 0 Å². The fourth-order valence-electron chi connectivity index (χ4n) is 1.56. The molecule has 0 aliphatic carbocycles. The first-order chi connectivity index (χ1) is 8.56. The van der Waals surface area contributed by atoms with Gasteiger partial charge in [0.1, 0.15) is 5.75 Å². The lowest BCUT2D eigenvalue weighted by atomic mass is 10.1. The summed E-state index contributed by atoms with van der Waals surface area (Å²) in [6, 6.07) is 4.93. The molecule has 5 nitrogen and oxygen atoms in total. The molecule has 0 fully saturated rings. The standard InChI is InChI=1S/C13H14N2O3/c1-8(2)6-14-13(17)9-3-4-11-10(5-9)15-12(16)7-18-11/h3-5H,1,6-7H2,2H3,(H,14,17)(H,15,16). The average Bonchev–Trinajstić information content (AvgIpc) is 2.34. The number of fused-ring (bicyclic) bond motifs is 1. The normalized spacial score (nSPS) is 13.1. The molecule has 2 rings (SSSR count). The van der Waals surface area contributed by atoms with Crippen LogP contribution in [0.3, 0.4) is 0 Å². The van der Waals surface area contributed by atoms with E-state index in [1.54, 1.807) is 18.2 Å². The van der Waals surface area contributed by atoms with Crippen molar-refractivity contribution in [2.45, 2.75) is 6.92 Å². The lowest BCUT2D eigenvalue weighted by Gasteiger charge is -2.18. The van der Waals surface area contributed by atoms with E-state index in [-0.39, 0.29) is 18.4 Å². The Kier molecular flexibility index (Phi) is 3.32. The molecule has 0 saturated carbocycles. The maximum absolute atomic E-state index is 11.8. The molecule has 0 atom stereocenters. The number of hydrogen-bond acceptors (Lipinski definition) is 3. The monoisotopic (exact) mass is 246 g/mol. The summed E-state index contributed by atoms with van der Waals surface area (Å²) in [6.07, 6.45) is 0. The average molecular weight is 246 g/mol. The van der Waals surface area contributed by atoms with Gasteiger partial charge in [0.05, 0.1) is 5.69 Å². The van der Waals surface area contributed by atoms with E-state index in [0.717, 1.165) is 5.57 Å². The van der Waals surface area contributed by atoms with Crippen LogP contribution in [-0.4, -0.2) is 25.0 Å². The van der Waals surface area contributed by atoms with Crippen LogP contribution in [0.1, 0.15) is 17.3 Å². The lowest BCUT2D eigenvalue weighted by molar-refractivity contribution is -0.118. The van der Waals surface area contributed by atoms with Crippen LogP contribution in [0.2, 0.25) is 0 Å². The van der Waals surface area contributed by atoms with Crippen LogP contribution < -0.4 is 15.4 Å². The van der Waals surface area contributed by atoms with E-state index < -0.39 is 0 Å². The quantitative estimate of drug-likeness (QED) is 0.790. The maximum atomic E-state index is 11.8. The van der Waals surface area contributed by atoms with Crippen molar-refractivity contribution in [3.8, 4) is 5.75 Å². The second kappa shape index (κ2) is 4.91. The number of nitrogens with one attached hydrogen (secondary N) is 2. The summed E-state index contributed by atoms with van der Waals surface area (Å²) in [6.45, 7) is 5.98. The van der Waals surface area contributed by atoms with Crippen LogP contribution in [0, 0.1) is 0 Å². The Morgan fingerprint density at radius 3 is 3.06 bits per heavy atom. The molecular formula is C13H14N2O3. The first-order valence-electron chi connectivity index (χ1n) is 5.55. The second-order valence-corrected chi connectivity index (χ2v) is 4.19. The van der Waals surface area contributed by atoms with Gasteiger partial charge in [0, 0.05) is 12.1 Å². The number of benzene rings is 1. The van der Waals surface area contributed by atoms with Gasteiger partial charge < -0.3 is 15.4 Å². The van der Waals surface area contributed by atoms with Crippen molar-refractivity contribution in [1.29, 1.82) is 0 Å². The molecule has 1 heterocycles. The Balaban J connectivity index is 2.15. The molecule has 1 aromatic carbocycles. The molecule has 0 radical (unpaired) electrons. The molecule has 0 spiro atoms. The lowest BCUT2D eigenvalue weighted by Crippen LogP contribution is -2.27. The molecule has 0 saturated heterocycles. The molecule has 0 bridgehead atoms. The summed E-state index contributed by atoms with van der Waals surface area (Å²) in [5.74, 6) is 0.147. The summed E-state index contributed by atoms with van der Waals surface area (Å²) < 4.78 is 5.21. The number of rotatable bonds is 3. The Labute approximate surface area is 105 Å². The largest absolute Gasteiger partial charge is 0.482 e. The summed E-state index contributed by atoms with van der Waals surface area (Å²) in [5.41, 5.74) is 1.87. The van der Waals surface area contributed by atoms with Gasteiger partial charge in [0.2, 0.25) is 0 Å². The Morgan fingerprint density at radius 2 is 2.33 bits per heavy atom. The molecule has 94 valence electrons. The molecule has 0 unspecified atom stereocenters. The number of hydrogen-bond donors (Lipinski definition) is 2. The van der Waals surface area contributed by atoms with Gasteiger partial charge in [0.15, 0.2) is 6.61 Å². The smallest absolute Gasteiger partial charge is 0.262 e. The number of anilines is 1. The predicted octanol–water partition coefficient (Wildman–Crippen LogP) is 1.32. The van der Waals surface area contributed by atoms with Crippen molar-refractivity contribution in [2.24, 2.45) is 0 Å². The van der Waals surface area contributed by atoms with Gasteiger partial charge in [0.25, 0.3) is 11.8 Å². The van der Waals surface area contributed by atoms with Crippen LogP contribution in [0.15, 0.2) is 30.4 Å². The number of carbonyl (C=O) groups is 2. The van der Waals surface area contributed by atoms with Crippen LogP contribution >= 0.6 is 0 Å². The Bertz CT molecular complexity index is 523. The third-order valence-electron chi connectivity index (χ3n) is 2.43. The van der Waals surface area contributed by atoms with Gasteiger partial charge in [-0.1, -0.05) is 12.2 Å². The second-order valence-electron chi connectivity index (χ2n) is 4.19. The molecule has 5 heteroatoms. The summed E-state index contributed by atoms with van der Waals surface area (Å²) >= 11 is 0. The zero-order chi connectivity index (χ0) is 13.1. The molecule has 2 amide bonds. The van der Waals surface area contributed by atoms with E-state index in [0.29, 0.717) is 23.5 Å². The van der Waals surface area contributed by atoms with Crippen molar-refractivity contribution >= 4 is 17.5 Å². The minimum Gasteiger partial charge on any atom is -0.482 e. The summed E-state index contributed by atoms with van der Waals surface area (Å²) in [4.78, 5) is 23.0. The number of carbonyl (C=O) groups excluding carboxylic acids is 2. The van der Waals surface area contributed by atoms with Gasteiger partial charge in [-0.2, -0.15) is 0 Å². The van der Waals surface area contributed by atoms with Crippen molar-refractivity contribution < 1.29 is 14.3 Å².